The standard InChI is InChI=1S/C9H6F3N3O/c10-9(11,12)5-3-15-6-4(5)1-2-14-7(6)8(13)16/h1-3,15H,(H2,13,16). The molecule has 84 valence electrons. The van der Waals surface area contributed by atoms with E-state index >= 15 is 0 Å². The van der Waals surface area contributed by atoms with Crippen LogP contribution in [0.2, 0.25) is 0 Å². The van der Waals surface area contributed by atoms with Gasteiger partial charge in [0.2, 0.25) is 0 Å². The van der Waals surface area contributed by atoms with Gasteiger partial charge in [-0.3, -0.25) is 4.79 Å². The van der Waals surface area contributed by atoms with Crippen molar-refractivity contribution < 1.29 is 18.0 Å². The lowest BCUT2D eigenvalue weighted by Crippen LogP contribution is -2.13. The normalized spacial score (nSPS) is 11.9. The van der Waals surface area contributed by atoms with Gasteiger partial charge in [0.25, 0.3) is 5.91 Å². The Bertz CT molecular complexity index is 559. The molecule has 0 aliphatic rings. The van der Waals surface area contributed by atoms with Gasteiger partial charge in [-0.2, -0.15) is 13.2 Å². The van der Waals surface area contributed by atoms with Crippen LogP contribution >= 0.6 is 0 Å². The highest BCUT2D eigenvalue weighted by atomic mass is 19.4. The van der Waals surface area contributed by atoms with Crippen molar-refractivity contribution in [1.82, 2.24) is 9.97 Å². The van der Waals surface area contributed by atoms with Crippen LogP contribution in [-0.4, -0.2) is 15.9 Å². The summed E-state index contributed by atoms with van der Waals surface area (Å²) in [6.07, 6.45) is -2.57. The van der Waals surface area contributed by atoms with Gasteiger partial charge in [-0.1, -0.05) is 0 Å². The molecule has 0 bridgehead atoms. The number of hydrogen-bond donors (Lipinski definition) is 2. The highest BCUT2D eigenvalue weighted by Crippen LogP contribution is 2.35. The Balaban J connectivity index is 2.76. The third kappa shape index (κ3) is 1.50. The zero-order chi connectivity index (χ0) is 11.9. The topological polar surface area (TPSA) is 71.8 Å². The summed E-state index contributed by atoms with van der Waals surface area (Å²) in [5.74, 6) is -0.874. The average Bonchev–Trinajstić information content (AvgIpc) is 2.59. The Kier molecular flexibility index (Phi) is 2.11. The number of carbonyl (C=O) groups is 1. The van der Waals surface area contributed by atoms with E-state index in [1.807, 2.05) is 0 Å². The molecule has 3 N–H and O–H groups in total. The third-order valence-electron chi connectivity index (χ3n) is 2.14. The number of nitrogens with zero attached hydrogens (tertiary/aromatic N) is 1. The van der Waals surface area contributed by atoms with Gasteiger partial charge in [0.05, 0.1) is 11.1 Å². The van der Waals surface area contributed by atoms with Crippen LogP contribution in [0.25, 0.3) is 10.9 Å². The maximum Gasteiger partial charge on any atom is 0.418 e. The van der Waals surface area contributed by atoms with E-state index in [0.29, 0.717) is 0 Å². The fraction of sp³-hybridized carbons (Fsp3) is 0.111. The smallest absolute Gasteiger partial charge is 0.364 e. The van der Waals surface area contributed by atoms with Gasteiger partial charge >= 0.3 is 6.18 Å². The van der Waals surface area contributed by atoms with Crippen LogP contribution in [0.15, 0.2) is 18.5 Å². The summed E-state index contributed by atoms with van der Waals surface area (Å²) in [5, 5.41) is -0.115. The fourth-order valence-corrected chi connectivity index (χ4v) is 1.48. The number of amides is 1. The van der Waals surface area contributed by atoms with Crippen molar-refractivity contribution in [3.8, 4) is 0 Å². The van der Waals surface area contributed by atoms with E-state index in [1.165, 1.54) is 6.07 Å². The zero-order valence-electron chi connectivity index (χ0n) is 7.80. The fourth-order valence-electron chi connectivity index (χ4n) is 1.48. The minimum Gasteiger partial charge on any atom is -0.364 e. The molecule has 0 aromatic carbocycles. The predicted octanol–water partition coefficient (Wildman–Crippen LogP) is 1.68. The van der Waals surface area contributed by atoms with Crippen LogP contribution in [0.3, 0.4) is 0 Å². The van der Waals surface area contributed by atoms with Gasteiger partial charge in [-0.05, 0) is 6.07 Å². The molecule has 0 saturated heterocycles. The number of H-pyrrole nitrogens is 1. The van der Waals surface area contributed by atoms with Crippen molar-refractivity contribution in [2.45, 2.75) is 6.18 Å². The Hall–Kier alpha value is -2.05. The SMILES string of the molecule is NC(=O)c1nccc2c(C(F)(F)F)c[nH]c12. The second-order valence-electron chi connectivity index (χ2n) is 3.15. The molecule has 0 spiro atoms. The lowest BCUT2D eigenvalue weighted by atomic mass is 10.1. The Morgan fingerprint density at radius 2 is 2.12 bits per heavy atom. The molecule has 4 nitrogen and oxygen atoms in total. The third-order valence-corrected chi connectivity index (χ3v) is 2.14. The van der Waals surface area contributed by atoms with Crippen LogP contribution in [-0.2, 0) is 6.18 Å². The zero-order valence-corrected chi connectivity index (χ0v) is 7.80. The van der Waals surface area contributed by atoms with Crippen LogP contribution in [0.4, 0.5) is 13.2 Å². The van der Waals surface area contributed by atoms with Crippen molar-refractivity contribution in [1.29, 1.82) is 0 Å². The largest absolute Gasteiger partial charge is 0.418 e. The lowest BCUT2D eigenvalue weighted by Gasteiger charge is -2.04. The second kappa shape index (κ2) is 3.22. The molecule has 7 heteroatoms. The van der Waals surface area contributed by atoms with Gasteiger partial charge in [0.15, 0.2) is 5.69 Å². The number of nitrogens with two attached hydrogens (primary N) is 1. The molecule has 16 heavy (non-hydrogen) atoms. The number of aromatic nitrogens is 2. The first-order chi connectivity index (χ1) is 7.41. The van der Waals surface area contributed by atoms with E-state index in [1.54, 1.807) is 0 Å². The van der Waals surface area contributed by atoms with Crippen molar-refractivity contribution >= 4 is 16.8 Å². The van der Waals surface area contributed by atoms with Gasteiger partial charge in [0.1, 0.15) is 0 Å². The van der Waals surface area contributed by atoms with Crippen molar-refractivity contribution in [2.75, 3.05) is 0 Å². The number of hydrogen-bond acceptors (Lipinski definition) is 2. The summed E-state index contributed by atoms with van der Waals surface area (Å²) in [7, 11) is 0. The first kappa shape index (κ1) is 10.5. The summed E-state index contributed by atoms with van der Waals surface area (Å²) in [5.41, 5.74) is 3.96. The molecule has 2 rings (SSSR count). The Labute approximate surface area is 87.3 Å². The molecule has 0 atom stereocenters. The Morgan fingerprint density at radius 3 is 2.69 bits per heavy atom. The summed E-state index contributed by atoms with van der Waals surface area (Å²) in [6, 6.07) is 1.18. The molecule has 0 fully saturated rings. The highest BCUT2D eigenvalue weighted by molar-refractivity contribution is 6.03. The van der Waals surface area contributed by atoms with E-state index in [0.717, 1.165) is 12.4 Å². The average molecular weight is 229 g/mol. The summed E-state index contributed by atoms with van der Waals surface area (Å²) in [4.78, 5) is 16.9. The van der Waals surface area contributed by atoms with Crippen molar-refractivity contribution in [3.05, 3.63) is 29.7 Å². The number of primary amides is 1. The molecule has 2 aromatic heterocycles. The number of pyridine rings is 1. The quantitative estimate of drug-likeness (QED) is 0.780. The lowest BCUT2D eigenvalue weighted by molar-refractivity contribution is -0.136. The van der Waals surface area contributed by atoms with E-state index in [-0.39, 0.29) is 16.6 Å². The summed E-state index contributed by atoms with van der Waals surface area (Å²) < 4.78 is 37.6. The van der Waals surface area contributed by atoms with Crippen LogP contribution in [0.5, 0.6) is 0 Å². The number of halogens is 3. The van der Waals surface area contributed by atoms with Gasteiger partial charge < -0.3 is 10.7 Å². The monoisotopic (exact) mass is 229 g/mol. The van der Waals surface area contributed by atoms with Gasteiger partial charge in [-0.25, -0.2) is 4.98 Å². The van der Waals surface area contributed by atoms with Crippen LogP contribution < -0.4 is 5.73 Å². The number of nitrogens with one attached hydrogen (secondary N) is 1. The first-order valence-corrected chi connectivity index (χ1v) is 4.24. The minimum atomic E-state index is -4.48. The van der Waals surface area contributed by atoms with Gasteiger partial charge in [0, 0.05) is 17.8 Å². The second-order valence-corrected chi connectivity index (χ2v) is 3.15. The molecule has 0 saturated carbocycles. The van der Waals surface area contributed by atoms with Crippen LogP contribution in [0.1, 0.15) is 16.1 Å². The summed E-state index contributed by atoms with van der Waals surface area (Å²) in [6.45, 7) is 0. The van der Waals surface area contributed by atoms with E-state index in [2.05, 4.69) is 9.97 Å². The Morgan fingerprint density at radius 1 is 1.44 bits per heavy atom. The van der Waals surface area contributed by atoms with Crippen molar-refractivity contribution in [2.24, 2.45) is 5.73 Å². The maximum atomic E-state index is 12.5. The van der Waals surface area contributed by atoms with Gasteiger partial charge in [-0.15, -0.1) is 0 Å². The molecule has 0 aliphatic heterocycles. The molecule has 1 amide bonds. The first-order valence-electron chi connectivity index (χ1n) is 4.24. The molecule has 0 unspecified atom stereocenters. The molecule has 0 radical (unpaired) electrons. The van der Waals surface area contributed by atoms with E-state index in [9.17, 15) is 18.0 Å². The number of carbonyl (C=O) groups excluding carboxylic acids is 1. The maximum absolute atomic E-state index is 12.5. The predicted molar refractivity (Wildman–Crippen MR) is 49.6 cm³/mol. The summed E-state index contributed by atoms with van der Waals surface area (Å²) >= 11 is 0. The van der Waals surface area contributed by atoms with E-state index in [4.69, 9.17) is 5.73 Å². The van der Waals surface area contributed by atoms with E-state index < -0.39 is 17.6 Å². The highest BCUT2D eigenvalue weighted by Gasteiger charge is 2.34. The molecule has 0 aliphatic carbocycles. The number of fused-ring (bicyclic) bond motifs is 1. The van der Waals surface area contributed by atoms with Crippen molar-refractivity contribution in [3.63, 3.8) is 0 Å². The molecular formula is C9H6F3N3O. The molecular weight excluding hydrogens is 223 g/mol. The number of alkyl halides is 3. The number of rotatable bonds is 1. The molecule has 2 heterocycles. The minimum absolute atomic E-state index is 0.00215. The number of aromatic amines is 1. The molecule has 2 aromatic rings. The van der Waals surface area contributed by atoms with Crippen LogP contribution in [0, 0.1) is 0 Å².